The standard InChI is InChI=1S/C15H24N2O3/c1-4-17(5-2)12-15(18)16-10-11-20-14-8-6-13(19-3)7-9-14/h6-9H,4-5,10-12H2,1-3H3,(H,16,18). The van der Waals surface area contributed by atoms with Gasteiger partial charge in [0.15, 0.2) is 0 Å². The quantitative estimate of drug-likeness (QED) is 0.697. The predicted molar refractivity (Wildman–Crippen MR) is 79.3 cm³/mol. The zero-order chi connectivity index (χ0) is 14.8. The molecule has 20 heavy (non-hydrogen) atoms. The van der Waals surface area contributed by atoms with E-state index in [1.807, 2.05) is 38.1 Å². The van der Waals surface area contributed by atoms with Gasteiger partial charge in [-0.2, -0.15) is 0 Å². The molecule has 1 amide bonds. The second-order valence-corrected chi connectivity index (χ2v) is 4.34. The summed E-state index contributed by atoms with van der Waals surface area (Å²) >= 11 is 0. The van der Waals surface area contributed by atoms with E-state index >= 15 is 0 Å². The summed E-state index contributed by atoms with van der Waals surface area (Å²) in [5.74, 6) is 1.60. The highest BCUT2D eigenvalue weighted by molar-refractivity contribution is 5.77. The van der Waals surface area contributed by atoms with E-state index in [9.17, 15) is 4.79 Å². The molecule has 0 radical (unpaired) electrons. The van der Waals surface area contributed by atoms with Crippen molar-refractivity contribution in [2.75, 3.05) is 39.9 Å². The Morgan fingerprint density at radius 2 is 1.75 bits per heavy atom. The highest BCUT2D eigenvalue weighted by Crippen LogP contribution is 2.16. The minimum Gasteiger partial charge on any atom is -0.497 e. The van der Waals surface area contributed by atoms with Gasteiger partial charge >= 0.3 is 0 Å². The van der Waals surface area contributed by atoms with Crippen LogP contribution in [-0.4, -0.2) is 50.7 Å². The fourth-order valence-electron chi connectivity index (χ4n) is 1.74. The number of methoxy groups -OCH3 is 1. The molecular weight excluding hydrogens is 256 g/mol. The molecule has 1 rings (SSSR count). The first-order chi connectivity index (χ1) is 9.69. The molecule has 0 aliphatic carbocycles. The van der Waals surface area contributed by atoms with Crippen molar-refractivity contribution in [1.29, 1.82) is 0 Å². The van der Waals surface area contributed by atoms with Gasteiger partial charge < -0.3 is 14.8 Å². The second kappa shape index (κ2) is 9.20. The van der Waals surface area contributed by atoms with Gasteiger partial charge in [-0.15, -0.1) is 0 Å². The molecule has 0 unspecified atom stereocenters. The second-order valence-electron chi connectivity index (χ2n) is 4.34. The first kappa shape index (κ1) is 16.3. The molecule has 1 aromatic carbocycles. The molecular formula is C15H24N2O3. The predicted octanol–water partition coefficient (Wildman–Crippen LogP) is 1.53. The highest BCUT2D eigenvalue weighted by atomic mass is 16.5. The Balaban J connectivity index is 2.19. The van der Waals surface area contributed by atoms with E-state index in [1.165, 1.54) is 0 Å². The Bertz CT molecular complexity index is 389. The maximum atomic E-state index is 11.6. The zero-order valence-corrected chi connectivity index (χ0v) is 12.5. The van der Waals surface area contributed by atoms with Crippen LogP contribution in [0, 0.1) is 0 Å². The van der Waals surface area contributed by atoms with Crippen LogP contribution in [0.3, 0.4) is 0 Å². The number of likely N-dealkylation sites (N-methyl/N-ethyl adjacent to an activating group) is 1. The van der Waals surface area contributed by atoms with Gasteiger partial charge in [0.05, 0.1) is 20.2 Å². The van der Waals surface area contributed by atoms with Crippen molar-refractivity contribution in [3.8, 4) is 11.5 Å². The summed E-state index contributed by atoms with van der Waals surface area (Å²) in [7, 11) is 1.63. The molecule has 0 aliphatic heterocycles. The summed E-state index contributed by atoms with van der Waals surface area (Å²) in [6.45, 7) is 7.25. The van der Waals surface area contributed by atoms with Crippen molar-refractivity contribution in [1.82, 2.24) is 10.2 Å². The molecule has 0 spiro atoms. The molecule has 112 valence electrons. The molecule has 1 aromatic rings. The summed E-state index contributed by atoms with van der Waals surface area (Å²) in [4.78, 5) is 13.7. The fourth-order valence-corrected chi connectivity index (χ4v) is 1.74. The molecule has 0 fully saturated rings. The third kappa shape index (κ3) is 5.93. The highest BCUT2D eigenvalue weighted by Gasteiger charge is 2.06. The lowest BCUT2D eigenvalue weighted by atomic mass is 10.3. The van der Waals surface area contributed by atoms with Gasteiger partial charge in [-0.3, -0.25) is 9.69 Å². The number of nitrogens with one attached hydrogen (secondary N) is 1. The van der Waals surface area contributed by atoms with E-state index in [0.29, 0.717) is 19.7 Å². The lowest BCUT2D eigenvalue weighted by molar-refractivity contribution is -0.122. The molecule has 5 heteroatoms. The van der Waals surface area contributed by atoms with Crippen LogP contribution in [-0.2, 0) is 4.79 Å². The van der Waals surface area contributed by atoms with Crippen molar-refractivity contribution < 1.29 is 14.3 Å². The third-order valence-corrected chi connectivity index (χ3v) is 3.01. The van der Waals surface area contributed by atoms with E-state index in [4.69, 9.17) is 9.47 Å². The number of carbonyl (C=O) groups excluding carboxylic acids is 1. The average Bonchev–Trinajstić information content (AvgIpc) is 2.49. The summed E-state index contributed by atoms with van der Waals surface area (Å²) in [5, 5.41) is 2.84. The molecule has 0 aromatic heterocycles. The number of nitrogens with zero attached hydrogens (tertiary/aromatic N) is 1. The molecule has 1 N–H and O–H groups in total. The Hall–Kier alpha value is -1.75. The Morgan fingerprint density at radius 1 is 1.15 bits per heavy atom. The summed E-state index contributed by atoms with van der Waals surface area (Å²) in [6, 6.07) is 7.37. The van der Waals surface area contributed by atoms with Crippen LogP contribution in [0.5, 0.6) is 11.5 Å². The van der Waals surface area contributed by atoms with Crippen LogP contribution in [0.4, 0.5) is 0 Å². The monoisotopic (exact) mass is 280 g/mol. The van der Waals surface area contributed by atoms with Crippen LogP contribution in [0.15, 0.2) is 24.3 Å². The Kier molecular flexibility index (Phi) is 7.50. The molecule has 5 nitrogen and oxygen atoms in total. The van der Waals surface area contributed by atoms with Crippen molar-refractivity contribution in [2.45, 2.75) is 13.8 Å². The number of hydrogen-bond donors (Lipinski definition) is 1. The number of hydrogen-bond acceptors (Lipinski definition) is 4. The summed E-state index contributed by atoms with van der Waals surface area (Å²) in [6.07, 6.45) is 0. The molecule has 0 saturated heterocycles. The van der Waals surface area contributed by atoms with Crippen LogP contribution in [0.25, 0.3) is 0 Å². The largest absolute Gasteiger partial charge is 0.497 e. The van der Waals surface area contributed by atoms with E-state index in [-0.39, 0.29) is 5.91 Å². The Morgan fingerprint density at radius 3 is 2.30 bits per heavy atom. The van der Waals surface area contributed by atoms with Gasteiger partial charge in [0.2, 0.25) is 5.91 Å². The topological polar surface area (TPSA) is 50.8 Å². The minimum absolute atomic E-state index is 0.0343. The number of rotatable bonds is 9. The normalized spacial score (nSPS) is 10.4. The molecule has 0 bridgehead atoms. The van der Waals surface area contributed by atoms with Crippen molar-refractivity contribution >= 4 is 5.91 Å². The summed E-state index contributed by atoms with van der Waals surface area (Å²) < 4.78 is 10.6. The van der Waals surface area contributed by atoms with Crippen molar-refractivity contribution in [2.24, 2.45) is 0 Å². The molecule has 0 aliphatic rings. The lowest BCUT2D eigenvalue weighted by Gasteiger charge is -2.17. The van der Waals surface area contributed by atoms with E-state index in [1.54, 1.807) is 7.11 Å². The number of carbonyl (C=O) groups is 1. The van der Waals surface area contributed by atoms with Gasteiger partial charge in [0.25, 0.3) is 0 Å². The maximum absolute atomic E-state index is 11.6. The third-order valence-electron chi connectivity index (χ3n) is 3.01. The van der Waals surface area contributed by atoms with Gasteiger partial charge in [-0.05, 0) is 37.4 Å². The number of ether oxygens (including phenoxy) is 2. The average molecular weight is 280 g/mol. The fraction of sp³-hybridized carbons (Fsp3) is 0.533. The number of benzene rings is 1. The van der Waals surface area contributed by atoms with Gasteiger partial charge in [-0.25, -0.2) is 0 Å². The minimum atomic E-state index is 0.0343. The smallest absolute Gasteiger partial charge is 0.234 e. The Labute approximate surface area is 120 Å². The summed E-state index contributed by atoms with van der Waals surface area (Å²) in [5.41, 5.74) is 0. The maximum Gasteiger partial charge on any atom is 0.234 e. The van der Waals surface area contributed by atoms with E-state index < -0.39 is 0 Å². The molecule has 0 heterocycles. The van der Waals surface area contributed by atoms with Gasteiger partial charge in [-0.1, -0.05) is 13.8 Å². The van der Waals surface area contributed by atoms with Crippen molar-refractivity contribution in [3.63, 3.8) is 0 Å². The van der Waals surface area contributed by atoms with Crippen LogP contribution in [0.2, 0.25) is 0 Å². The lowest BCUT2D eigenvalue weighted by Crippen LogP contribution is -2.38. The molecule has 0 saturated carbocycles. The van der Waals surface area contributed by atoms with E-state index in [2.05, 4.69) is 10.2 Å². The van der Waals surface area contributed by atoms with Crippen LogP contribution in [0.1, 0.15) is 13.8 Å². The first-order valence-corrected chi connectivity index (χ1v) is 6.95. The SMILES string of the molecule is CCN(CC)CC(=O)NCCOc1ccc(OC)cc1. The molecule has 0 atom stereocenters. The van der Waals surface area contributed by atoms with Crippen LogP contribution < -0.4 is 14.8 Å². The van der Waals surface area contributed by atoms with Crippen molar-refractivity contribution in [3.05, 3.63) is 24.3 Å². The van der Waals surface area contributed by atoms with Gasteiger partial charge in [0.1, 0.15) is 18.1 Å². The first-order valence-electron chi connectivity index (χ1n) is 6.95. The van der Waals surface area contributed by atoms with E-state index in [0.717, 1.165) is 24.6 Å². The zero-order valence-electron chi connectivity index (χ0n) is 12.5. The van der Waals surface area contributed by atoms with Crippen LogP contribution >= 0.6 is 0 Å². The van der Waals surface area contributed by atoms with Gasteiger partial charge in [0, 0.05) is 0 Å². The number of amides is 1.